The van der Waals surface area contributed by atoms with Gasteiger partial charge >= 0.3 is 0 Å². The second-order valence-corrected chi connectivity index (χ2v) is 5.82. The first-order chi connectivity index (χ1) is 11.2. The molecule has 0 aliphatic heterocycles. The van der Waals surface area contributed by atoms with Crippen molar-refractivity contribution in [1.82, 2.24) is 19.7 Å². The van der Waals surface area contributed by atoms with Gasteiger partial charge in [0.25, 0.3) is 0 Å². The lowest BCUT2D eigenvalue weighted by Gasteiger charge is -2.10. The molecule has 0 unspecified atom stereocenters. The molecule has 0 fully saturated rings. The Morgan fingerprint density at radius 3 is 2.83 bits per heavy atom. The smallest absolute Gasteiger partial charge is 0.152 e. The summed E-state index contributed by atoms with van der Waals surface area (Å²) < 4.78 is 2.08. The Morgan fingerprint density at radius 1 is 1.17 bits per heavy atom. The molecule has 0 amide bonds. The van der Waals surface area contributed by atoms with E-state index in [1.54, 1.807) is 6.33 Å². The molecule has 0 spiro atoms. The summed E-state index contributed by atoms with van der Waals surface area (Å²) in [7, 11) is 0. The summed E-state index contributed by atoms with van der Waals surface area (Å²) in [5.74, 6) is 1.82. The molecule has 1 N–H and O–H groups in total. The van der Waals surface area contributed by atoms with Crippen molar-refractivity contribution in [1.29, 1.82) is 0 Å². The van der Waals surface area contributed by atoms with Crippen LogP contribution >= 0.6 is 0 Å². The summed E-state index contributed by atoms with van der Waals surface area (Å²) in [6.45, 7) is 8.02. The Bertz CT molecular complexity index is 806. The fraction of sp³-hybridized carbons (Fsp3) is 0.389. The number of rotatable bonds is 6. The second-order valence-electron chi connectivity index (χ2n) is 5.82. The quantitative estimate of drug-likeness (QED) is 0.754. The first kappa shape index (κ1) is 15.5. The highest BCUT2D eigenvalue weighted by Gasteiger charge is 2.06. The molecule has 0 aliphatic rings. The minimum Gasteiger partial charge on any atom is -0.363 e. The molecule has 2 heterocycles. The largest absolute Gasteiger partial charge is 0.363 e. The van der Waals surface area contributed by atoms with Gasteiger partial charge in [-0.05, 0) is 49.1 Å². The predicted octanol–water partition coefficient (Wildman–Crippen LogP) is 3.72. The molecule has 0 atom stereocenters. The van der Waals surface area contributed by atoms with Crippen molar-refractivity contribution >= 4 is 16.7 Å². The Hall–Kier alpha value is -2.43. The van der Waals surface area contributed by atoms with E-state index >= 15 is 0 Å². The second kappa shape index (κ2) is 6.77. The highest BCUT2D eigenvalue weighted by Crippen LogP contribution is 2.22. The van der Waals surface area contributed by atoms with Gasteiger partial charge in [-0.3, -0.25) is 0 Å². The number of pyridine rings is 1. The molecule has 1 aromatic carbocycles. The van der Waals surface area contributed by atoms with Crippen LogP contribution < -0.4 is 5.32 Å². The summed E-state index contributed by atoms with van der Waals surface area (Å²) in [6.07, 6.45) is 3.90. The first-order valence-electron chi connectivity index (χ1n) is 8.22. The van der Waals surface area contributed by atoms with Gasteiger partial charge in [0, 0.05) is 11.9 Å². The molecule has 3 rings (SSSR count). The van der Waals surface area contributed by atoms with E-state index in [9.17, 15) is 0 Å². The van der Waals surface area contributed by atoms with Crippen LogP contribution in [-0.2, 0) is 19.5 Å². The summed E-state index contributed by atoms with van der Waals surface area (Å²) >= 11 is 0. The van der Waals surface area contributed by atoms with Crippen LogP contribution in [0.4, 0.5) is 5.82 Å². The average Bonchev–Trinajstić information content (AvgIpc) is 3.00. The number of anilines is 1. The van der Waals surface area contributed by atoms with E-state index in [1.807, 2.05) is 0 Å². The lowest BCUT2D eigenvalue weighted by Crippen LogP contribution is -2.09. The van der Waals surface area contributed by atoms with Crippen molar-refractivity contribution in [3.63, 3.8) is 0 Å². The molecule has 5 nitrogen and oxygen atoms in total. The number of aryl methyl sites for hydroxylation is 3. The number of fused-ring (bicyclic) bond motifs is 1. The van der Waals surface area contributed by atoms with Gasteiger partial charge in [-0.15, -0.1) is 10.2 Å². The Balaban J connectivity index is 1.82. The molecular formula is C18H23N5. The van der Waals surface area contributed by atoms with Gasteiger partial charge in [0.05, 0.1) is 12.1 Å². The van der Waals surface area contributed by atoms with E-state index in [0.717, 1.165) is 36.5 Å². The molecule has 120 valence electrons. The van der Waals surface area contributed by atoms with Gasteiger partial charge in [-0.1, -0.05) is 19.9 Å². The van der Waals surface area contributed by atoms with Crippen molar-refractivity contribution in [3.8, 4) is 0 Å². The molecule has 3 aromatic rings. The standard InChI is InChI=1S/C18H23N5/c1-4-8-23-12-20-22-18(23)11-19-17-9-13(3)15-10-14(5-2)6-7-16(15)21-17/h6-7,9-10,12H,4-5,8,11H2,1-3H3,(H,19,21). The van der Waals surface area contributed by atoms with Gasteiger partial charge in [0.2, 0.25) is 0 Å². The number of nitrogens with zero attached hydrogens (tertiary/aromatic N) is 4. The van der Waals surface area contributed by atoms with Gasteiger partial charge in [0.1, 0.15) is 12.1 Å². The van der Waals surface area contributed by atoms with E-state index < -0.39 is 0 Å². The number of hydrogen-bond acceptors (Lipinski definition) is 4. The first-order valence-corrected chi connectivity index (χ1v) is 8.22. The van der Waals surface area contributed by atoms with Crippen molar-refractivity contribution in [2.24, 2.45) is 0 Å². The molecule has 5 heteroatoms. The molecule has 23 heavy (non-hydrogen) atoms. The van der Waals surface area contributed by atoms with Crippen LogP contribution in [0.25, 0.3) is 10.9 Å². The maximum absolute atomic E-state index is 4.72. The number of benzene rings is 1. The van der Waals surface area contributed by atoms with Gasteiger partial charge in [0.15, 0.2) is 5.82 Å². The molecule has 0 saturated carbocycles. The third kappa shape index (κ3) is 3.33. The topological polar surface area (TPSA) is 55.6 Å². The minimum absolute atomic E-state index is 0.630. The lowest BCUT2D eigenvalue weighted by molar-refractivity contribution is 0.643. The molecule has 0 saturated heterocycles. The highest BCUT2D eigenvalue weighted by molar-refractivity contribution is 5.84. The van der Waals surface area contributed by atoms with Crippen LogP contribution in [-0.4, -0.2) is 19.7 Å². The van der Waals surface area contributed by atoms with E-state index in [0.29, 0.717) is 6.54 Å². The Morgan fingerprint density at radius 2 is 2.04 bits per heavy atom. The molecular weight excluding hydrogens is 286 g/mol. The number of aromatic nitrogens is 4. The van der Waals surface area contributed by atoms with Crippen LogP contribution in [0.2, 0.25) is 0 Å². The summed E-state index contributed by atoms with van der Waals surface area (Å²) in [4.78, 5) is 4.72. The normalized spacial score (nSPS) is 11.1. The summed E-state index contributed by atoms with van der Waals surface area (Å²) in [6, 6.07) is 8.59. The van der Waals surface area contributed by atoms with E-state index in [-0.39, 0.29) is 0 Å². The molecule has 2 aromatic heterocycles. The maximum Gasteiger partial charge on any atom is 0.152 e. The molecule has 0 radical (unpaired) electrons. The fourth-order valence-electron chi connectivity index (χ4n) is 2.76. The highest BCUT2D eigenvalue weighted by atomic mass is 15.3. The van der Waals surface area contributed by atoms with Crippen molar-refractivity contribution in [2.75, 3.05) is 5.32 Å². The summed E-state index contributed by atoms with van der Waals surface area (Å²) in [5.41, 5.74) is 3.61. The monoisotopic (exact) mass is 309 g/mol. The van der Waals surface area contributed by atoms with Crippen molar-refractivity contribution in [3.05, 3.63) is 47.5 Å². The maximum atomic E-state index is 4.72. The van der Waals surface area contributed by atoms with Crippen LogP contribution in [0.15, 0.2) is 30.6 Å². The summed E-state index contributed by atoms with van der Waals surface area (Å²) in [5, 5.41) is 12.8. The number of nitrogens with one attached hydrogen (secondary N) is 1. The van der Waals surface area contributed by atoms with E-state index in [2.05, 4.69) is 65.1 Å². The third-order valence-electron chi connectivity index (χ3n) is 4.08. The van der Waals surface area contributed by atoms with Crippen LogP contribution in [0.1, 0.15) is 37.2 Å². The zero-order valence-electron chi connectivity index (χ0n) is 14.0. The van der Waals surface area contributed by atoms with Gasteiger partial charge < -0.3 is 9.88 Å². The van der Waals surface area contributed by atoms with Gasteiger partial charge in [-0.25, -0.2) is 4.98 Å². The van der Waals surface area contributed by atoms with Crippen LogP contribution in [0, 0.1) is 6.92 Å². The predicted molar refractivity (Wildman–Crippen MR) is 93.5 cm³/mol. The Kier molecular flexibility index (Phi) is 4.55. The molecule has 0 aliphatic carbocycles. The van der Waals surface area contributed by atoms with Gasteiger partial charge in [-0.2, -0.15) is 0 Å². The van der Waals surface area contributed by atoms with Crippen molar-refractivity contribution in [2.45, 2.75) is 46.7 Å². The molecule has 0 bridgehead atoms. The third-order valence-corrected chi connectivity index (χ3v) is 4.08. The van der Waals surface area contributed by atoms with E-state index in [1.165, 1.54) is 16.5 Å². The number of hydrogen-bond donors (Lipinski definition) is 1. The van der Waals surface area contributed by atoms with Crippen molar-refractivity contribution < 1.29 is 0 Å². The fourth-order valence-corrected chi connectivity index (χ4v) is 2.76. The zero-order chi connectivity index (χ0) is 16.2. The minimum atomic E-state index is 0.630. The lowest BCUT2D eigenvalue weighted by atomic mass is 10.1. The van der Waals surface area contributed by atoms with Crippen LogP contribution in [0.3, 0.4) is 0 Å². The van der Waals surface area contributed by atoms with Crippen LogP contribution in [0.5, 0.6) is 0 Å². The van der Waals surface area contributed by atoms with E-state index in [4.69, 9.17) is 4.98 Å². The zero-order valence-corrected chi connectivity index (χ0v) is 14.0. The SMILES string of the molecule is CCCn1cnnc1CNc1cc(C)c2cc(CC)ccc2n1. The Labute approximate surface area is 136 Å². The average molecular weight is 309 g/mol.